The molecule has 0 spiro atoms. The number of methoxy groups -OCH3 is 2. The van der Waals surface area contributed by atoms with Gasteiger partial charge in [-0.2, -0.15) is 0 Å². The summed E-state index contributed by atoms with van der Waals surface area (Å²) in [6, 6.07) is 3.26. The van der Waals surface area contributed by atoms with Crippen molar-refractivity contribution in [3.63, 3.8) is 0 Å². The molecule has 21 heavy (non-hydrogen) atoms. The fourth-order valence-electron chi connectivity index (χ4n) is 2.06. The van der Waals surface area contributed by atoms with Crippen LogP contribution in [0.2, 0.25) is 0 Å². The molecule has 114 valence electrons. The molecule has 0 saturated heterocycles. The monoisotopic (exact) mass is 294 g/mol. The number of fused-ring (bicyclic) bond motifs is 1. The maximum atomic E-state index is 11.8. The standard InChI is InChI=1S/C15H18O6/c1-18-3-5-20-13-8-10-7-12(16)15(17)11(10)9-14(13)21-6-4-19-2/h8-9H,3-7H2,1-2H3. The van der Waals surface area contributed by atoms with Gasteiger partial charge in [-0.05, 0) is 17.7 Å². The zero-order valence-electron chi connectivity index (χ0n) is 12.1. The van der Waals surface area contributed by atoms with Gasteiger partial charge in [-0.3, -0.25) is 9.59 Å². The molecule has 1 aliphatic carbocycles. The molecule has 0 bridgehead atoms. The third kappa shape index (κ3) is 3.59. The summed E-state index contributed by atoms with van der Waals surface area (Å²) in [5.41, 5.74) is 1.07. The Kier molecular flexibility index (Phi) is 5.30. The summed E-state index contributed by atoms with van der Waals surface area (Å²) in [5.74, 6) is 0.0706. The summed E-state index contributed by atoms with van der Waals surface area (Å²) >= 11 is 0. The Bertz CT molecular complexity index is 537. The molecule has 0 aliphatic heterocycles. The van der Waals surface area contributed by atoms with Gasteiger partial charge in [-0.15, -0.1) is 0 Å². The lowest BCUT2D eigenvalue weighted by Crippen LogP contribution is -2.10. The number of carbonyl (C=O) groups excluding carboxylic acids is 2. The van der Waals surface area contributed by atoms with Crippen LogP contribution in [0.1, 0.15) is 15.9 Å². The molecule has 6 heteroatoms. The summed E-state index contributed by atoms with van der Waals surface area (Å²) in [4.78, 5) is 23.3. The first-order valence-electron chi connectivity index (χ1n) is 6.65. The molecule has 1 aliphatic rings. The third-order valence-electron chi connectivity index (χ3n) is 3.11. The number of rotatable bonds is 8. The van der Waals surface area contributed by atoms with Crippen molar-refractivity contribution < 1.29 is 28.5 Å². The topological polar surface area (TPSA) is 71.1 Å². The summed E-state index contributed by atoms with van der Waals surface area (Å²) < 4.78 is 21.0. The van der Waals surface area contributed by atoms with Crippen LogP contribution in [0.3, 0.4) is 0 Å². The number of ketones is 2. The predicted octanol–water partition coefficient (Wildman–Crippen LogP) is 1.04. The second kappa shape index (κ2) is 7.19. The van der Waals surface area contributed by atoms with Crippen molar-refractivity contribution in [2.24, 2.45) is 0 Å². The largest absolute Gasteiger partial charge is 0.487 e. The molecule has 0 heterocycles. The number of hydrogen-bond donors (Lipinski definition) is 0. The number of ether oxygens (including phenoxy) is 4. The molecule has 0 atom stereocenters. The van der Waals surface area contributed by atoms with Gasteiger partial charge < -0.3 is 18.9 Å². The van der Waals surface area contributed by atoms with Crippen LogP contribution in [0.25, 0.3) is 0 Å². The number of Topliss-reactive ketones (excluding diaryl/α,β-unsaturated/α-hetero) is 2. The Morgan fingerprint density at radius 1 is 0.905 bits per heavy atom. The van der Waals surface area contributed by atoms with Gasteiger partial charge in [0, 0.05) is 26.2 Å². The molecule has 0 radical (unpaired) electrons. The van der Waals surface area contributed by atoms with Crippen LogP contribution in [0.4, 0.5) is 0 Å². The molecule has 2 rings (SSSR count). The molecule has 0 amide bonds. The minimum Gasteiger partial charge on any atom is -0.487 e. The van der Waals surface area contributed by atoms with Gasteiger partial charge in [0.15, 0.2) is 11.5 Å². The first-order valence-corrected chi connectivity index (χ1v) is 6.65. The van der Waals surface area contributed by atoms with Gasteiger partial charge in [0.25, 0.3) is 0 Å². The lowest BCUT2D eigenvalue weighted by Gasteiger charge is -2.14. The summed E-state index contributed by atoms with van der Waals surface area (Å²) in [7, 11) is 3.16. The Morgan fingerprint density at radius 2 is 1.48 bits per heavy atom. The molecule has 1 aromatic carbocycles. The Morgan fingerprint density at radius 3 is 2.05 bits per heavy atom. The molecular weight excluding hydrogens is 276 g/mol. The minimum absolute atomic E-state index is 0.118. The molecule has 0 aromatic heterocycles. The summed E-state index contributed by atoms with van der Waals surface area (Å²) in [5, 5.41) is 0. The lowest BCUT2D eigenvalue weighted by atomic mass is 10.1. The van der Waals surface area contributed by atoms with Crippen LogP contribution in [-0.4, -0.2) is 52.2 Å². The van der Waals surface area contributed by atoms with E-state index in [1.807, 2.05) is 0 Å². The van der Waals surface area contributed by atoms with Crippen LogP contribution in [0.15, 0.2) is 12.1 Å². The third-order valence-corrected chi connectivity index (χ3v) is 3.11. The molecule has 0 N–H and O–H groups in total. The fraction of sp³-hybridized carbons (Fsp3) is 0.467. The van der Waals surface area contributed by atoms with E-state index in [1.165, 1.54) is 0 Å². The van der Waals surface area contributed by atoms with E-state index in [0.29, 0.717) is 49.1 Å². The van der Waals surface area contributed by atoms with E-state index in [2.05, 4.69) is 0 Å². The smallest absolute Gasteiger partial charge is 0.229 e. The molecule has 6 nitrogen and oxygen atoms in total. The van der Waals surface area contributed by atoms with Gasteiger partial charge in [-0.25, -0.2) is 0 Å². The first-order chi connectivity index (χ1) is 10.2. The van der Waals surface area contributed by atoms with Crippen molar-refractivity contribution in [1.29, 1.82) is 0 Å². The highest BCUT2D eigenvalue weighted by Crippen LogP contribution is 2.34. The van der Waals surface area contributed by atoms with Gasteiger partial charge in [0.05, 0.1) is 13.2 Å². The lowest BCUT2D eigenvalue weighted by molar-refractivity contribution is -0.114. The van der Waals surface area contributed by atoms with E-state index in [1.54, 1.807) is 26.4 Å². The molecular formula is C15H18O6. The van der Waals surface area contributed by atoms with Crippen LogP contribution in [0, 0.1) is 0 Å². The second-order valence-electron chi connectivity index (χ2n) is 4.57. The second-order valence-corrected chi connectivity index (χ2v) is 4.57. The van der Waals surface area contributed by atoms with Crippen molar-refractivity contribution >= 4 is 11.6 Å². The summed E-state index contributed by atoms with van der Waals surface area (Å²) in [6.07, 6.45) is 0.118. The number of carbonyl (C=O) groups is 2. The van der Waals surface area contributed by atoms with E-state index in [9.17, 15) is 9.59 Å². The average Bonchev–Trinajstić information content (AvgIpc) is 2.74. The van der Waals surface area contributed by atoms with Gasteiger partial charge in [-0.1, -0.05) is 0 Å². The highest BCUT2D eigenvalue weighted by atomic mass is 16.5. The van der Waals surface area contributed by atoms with Gasteiger partial charge in [0.1, 0.15) is 13.2 Å². The Labute approximate surface area is 122 Å². The van der Waals surface area contributed by atoms with E-state index >= 15 is 0 Å². The maximum Gasteiger partial charge on any atom is 0.229 e. The minimum atomic E-state index is -0.468. The van der Waals surface area contributed by atoms with E-state index in [4.69, 9.17) is 18.9 Å². The molecule has 0 fully saturated rings. The quantitative estimate of drug-likeness (QED) is 0.527. The molecule has 1 aromatic rings. The predicted molar refractivity (Wildman–Crippen MR) is 74.2 cm³/mol. The number of benzene rings is 1. The van der Waals surface area contributed by atoms with Crippen molar-refractivity contribution in [3.05, 3.63) is 23.3 Å². The maximum absolute atomic E-state index is 11.8. The van der Waals surface area contributed by atoms with E-state index < -0.39 is 11.6 Å². The van der Waals surface area contributed by atoms with Crippen molar-refractivity contribution in [1.82, 2.24) is 0 Å². The van der Waals surface area contributed by atoms with E-state index in [-0.39, 0.29) is 6.42 Å². The van der Waals surface area contributed by atoms with Crippen molar-refractivity contribution in [2.75, 3.05) is 40.6 Å². The van der Waals surface area contributed by atoms with E-state index in [0.717, 1.165) is 0 Å². The first kappa shape index (κ1) is 15.5. The zero-order chi connectivity index (χ0) is 15.2. The zero-order valence-corrected chi connectivity index (χ0v) is 12.1. The Hall–Kier alpha value is -1.92. The van der Waals surface area contributed by atoms with Gasteiger partial charge >= 0.3 is 0 Å². The van der Waals surface area contributed by atoms with Crippen LogP contribution in [-0.2, 0) is 20.7 Å². The summed E-state index contributed by atoms with van der Waals surface area (Å²) in [6.45, 7) is 1.55. The van der Waals surface area contributed by atoms with Crippen LogP contribution >= 0.6 is 0 Å². The van der Waals surface area contributed by atoms with Crippen molar-refractivity contribution in [3.8, 4) is 11.5 Å². The highest BCUT2D eigenvalue weighted by Gasteiger charge is 2.30. The normalized spacial score (nSPS) is 13.4. The van der Waals surface area contributed by atoms with Gasteiger partial charge in [0.2, 0.25) is 11.6 Å². The Balaban J connectivity index is 2.22. The average molecular weight is 294 g/mol. The highest BCUT2D eigenvalue weighted by molar-refractivity contribution is 6.47. The molecule has 0 unspecified atom stereocenters. The number of hydrogen-bond acceptors (Lipinski definition) is 6. The molecule has 0 saturated carbocycles. The van der Waals surface area contributed by atoms with Crippen molar-refractivity contribution in [2.45, 2.75) is 6.42 Å². The van der Waals surface area contributed by atoms with Crippen LogP contribution < -0.4 is 9.47 Å². The SMILES string of the molecule is COCCOc1cc2c(cc1OCCOC)C(=O)C(=O)C2. The van der Waals surface area contributed by atoms with Crippen LogP contribution in [0.5, 0.6) is 11.5 Å². The fourth-order valence-corrected chi connectivity index (χ4v) is 2.06.